The first-order chi connectivity index (χ1) is 9.06. The van der Waals surface area contributed by atoms with Crippen molar-refractivity contribution in [3.8, 4) is 5.75 Å². The van der Waals surface area contributed by atoms with Crippen LogP contribution < -0.4 is 15.4 Å². The number of rotatable bonds is 4. The Morgan fingerprint density at radius 2 is 2.21 bits per heavy atom. The largest absolute Gasteiger partial charge is 0.489 e. The molecule has 1 amide bonds. The molecular weight excluding hydrogens is 244 g/mol. The van der Waals surface area contributed by atoms with Crippen LogP contribution in [-0.4, -0.2) is 35.8 Å². The van der Waals surface area contributed by atoms with E-state index in [4.69, 9.17) is 4.74 Å². The van der Waals surface area contributed by atoms with Gasteiger partial charge in [0, 0.05) is 6.54 Å². The van der Waals surface area contributed by atoms with Crippen molar-refractivity contribution in [1.82, 2.24) is 5.32 Å². The number of para-hydroxylation sites is 2. The van der Waals surface area contributed by atoms with Gasteiger partial charge in [-0.05, 0) is 32.4 Å². The number of anilines is 1. The average molecular weight is 264 g/mol. The van der Waals surface area contributed by atoms with E-state index in [9.17, 15) is 9.90 Å². The minimum Gasteiger partial charge on any atom is -0.489 e. The SMILES string of the molecule is CC(C)Oc1ccccc1NC(=O)C1CC(O)CN1. The van der Waals surface area contributed by atoms with Gasteiger partial charge in [-0.15, -0.1) is 0 Å². The smallest absolute Gasteiger partial charge is 0.241 e. The highest BCUT2D eigenvalue weighted by molar-refractivity contribution is 5.96. The standard InChI is InChI=1S/C14H20N2O3/c1-9(2)19-13-6-4-3-5-11(13)16-14(18)12-7-10(17)8-15-12/h3-6,9-10,12,15,17H,7-8H2,1-2H3,(H,16,18). The molecular formula is C14H20N2O3. The first-order valence-corrected chi connectivity index (χ1v) is 6.54. The second kappa shape index (κ2) is 6.04. The van der Waals surface area contributed by atoms with Crippen molar-refractivity contribution in [3.63, 3.8) is 0 Å². The number of benzene rings is 1. The first kappa shape index (κ1) is 13.8. The van der Waals surface area contributed by atoms with E-state index in [-0.39, 0.29) is 18.1 Å². The van der Waals surface area contributed by atoms with E-state index in [0.29, 0.717) is 24.4 Å². The number of β-amino-alcohol motifs (C(OH)–C–C–N with tert-alkyl or cyclic N) is 1. The minimum atomic E-state index is -0.446. The molecule has 2 atom stereocenters. The van der Waals surface area contributed by atoms with E-state index in [2.05, 4.69) is 10.6 Å². The number of hydrogen-bond acceptors (Lipinski definition) is 4. The molecule has 1 aliphatic heterocycles. The topological polar surface area (TPSA) is 70.6 Å². The van der Waals surface area contributed by atoms with Crippen LogP contribution in [0.15, 0.2) is 24.3 Å². The first-order valence-electron chi connectivity index (χ1n) is 6.54. The van der Waals surface area contributed by atoms with Crippen LogP contribution in [0.2, 0.25) is 0 Å². The summed E-state index contributed by atoms with van der Waals surface area (Å²) in [6.45, 7) is 4.34. The maximum Gasteiger partial charge on any atom is 0.241 e. The highest BCUT2D eigenvalue weighted by atomic mass is 16.5. The average Bonchev–Trinajstić information content (AvgIpc) is 2.78. The van der Waals surface area contributed by atoms with E-state index in [1.165, 1.54) is 0 Å². The minimum absolute atomic E-state index is 0.0458. The third-order valence-corrected chi connectivity index (χ3v) is 2.93. The second-order valence-electron chi connectivity index (χ2n) is 5.00. The normalized spacial score (nSPS) is 22.5. The van der Waals surface area contributed by atoms with Crippen molar-refractivity contribution in [1.29, 1.82) is 0 Å². The number of nitrogens with one attached hydrogen (secondary N) is 2. The van der Waals surface area contributed by atoms with Gasteiger partial charge in [0.25, 0.3) is 0 Å². The molecule has 0 spiro atoms. The third-order valence-electron chi connectivity index (χ3n) is 2.93. The Kier molecular flexibility index (Phi) is 4.39. The monoisotopic (exact) mass is 264 g/mol. The summed E-state index contributed by atoms with van der Waals surface area (Å²) in [7, 11) is 0. The molecule has 0 aromatic heterocycles. The molecule has 1 heterocycles. The van der Waals surface area contributed by atoms with Crippen molar-refractivity contribution in [2.75, 3.05) is 11.9 Å². The van der Waals surface area contributed by atoms with Gasteiger partial charge in [0.15, 0.2) is 0 Å². The molecule has 0 saturated carbocycles. The molecule has 19 heavy (non-hydrogen) atoms. The zero-order valence-corrected chi connectivity index (χ0v) is 11.2. The maximum absolute atomic E-state index is 12.1. The fourth-order valence-electron chi connectivity index (χ4n) is 2.06. The number of ether oxygens (including phenoxy) is 1. The van der Waals surface area contributed by atoms with E-state index in [1.54, 1.807) is 6.07 Å². The van der Waals surface area contributed by atoms with Gasteiger partial charge in [0.05, 0.1) is 23.9 Å². The van der Waals surface area contributed by atoms with Gasteiger partial charge in [-0.1, -0.05) is 12.1 Å². The molecule has 104 valence electrons. The molecule has 3 N–H and O–H groups in total. The Morgan fingerprint density at radius 3 is 2.84 bits per heavy atom. The van der Waals surface area contributed by atoms with Gasteiger partial charge in [-0.2, -0.15) is 0 Å². The number of amides is 1. The molecule has 1 fully saturated rings. The lowest BCUT2D eigenvalue weighted by atomic mass is 10.2. The number of carbonyl (C=O) groups excluding carboxylic acids is 1. The van der Waals surface area contributed by atoms with Crippen LogP contribution >= 0.6 is 0 Å². The zero-order valence-electron chi connectivity index (χ0n) is 11.2. The Labute approximate surface area is 113 Å². The van der Waals surface area contributed by atoms with Crippen molar-refractivity contribution < 1.29 is 14.6 Å². The van der Waals surface area contributed by atoms with Crippen LogP contribution in [0.1, 0.15) is 20.3 Å². The Balaban J connectivity index is 2.04. The number of hydrogen-bond donors (Lipinski definition) is 3. The lowest BCUT2D eigenvalue weighted by molar-refractivity contribution is -0.117. The van der Waals surface area contributed by atoms with Gasteiger partial charge < -0.3 is 20.5 Å². The molecule has 0 aliphatic carbocycles. The summed E-state index contributed by atoms with van der Waals surface area (Å²) in [4.78, 5) is 12.1. The Morgan fingerprint density at radius 1 is 1.47 bits per heavy atom. The fraction of sp³-hybridized carbons (Fsp3) is 0.500. The molecule has 0 bridgehead atoms. The Hall–Kier alpha value is -1.59. The molecule has 5 heteroatoms. The van der Waals surface area contributed by atoms with E-state index >= 15 is 0 Å². The Bertz CT molecular complexity index is 448. The lowest BCUT2D eigenvalue weighted by Gasteiger charge is -2.16. The van der Waals surface area contributed by atoms with Crippen LogP contribution in [0.5, 0.6) is 5.75 Å². The fourth-order valence-corrected chi connectivity index (χ4v) is 2.06. The molecule has 2 unspecified atom stereocenters. The summed E-state index contributed by atoms with van der Waals surface area (Å²) in [6, 6.07) is 7.00. The van der Waals surface area contributed by atoms with Crippen LogP contribution in [0.4, 0.5) is 5.69 Å². The van der Waals surface area contributed by atoms with Gasteiger partial charge in [-0.25, -0.2) is 0 Å². The maximum atomic E-state index is 12.1. The third kappa shape index (κ3) is 3.68. The van der Waals surface area contributed by atoms with Crippen molar-refractivity contribution in [3.05, 3.63) is 24.3 Å². The van der Waals surface area contributed by atoms with Crippen LogP contribution in [0.25, 0.3) is 0 Å². The molecule has 1 aliphatic rings. The van der Waals surface area contributed by atoms with E-state index in [1.807, 2.05) is 32.0 Å². The molecule has 1 aromatic carbocycles. The molecule has 2 rings (SSSR count). The van der Waals surface area contributed by atoms with Gasteiger partial charge in [0.1, 0.15) is 5.75 Å². The van der Waals surface area contributed by atoms with Crippen molar-refractivity contribution in [2.45, 2.75) is 38.5 Å². The highest BCUT2D eigenvalue weighted by Gasteiger charge is 2.28. The van der Waals surface area contributed by atoms with Crippen LogP contribution in [-0.2, 0) is 4.79 Å². The second-order valence-corrected chi connectivity index (χ2v) is 5.00. The molecule has 5 nitrogen and oxygen atoms in total. The highest BCUT2D eigenvalue weighted by Crippen LogP contribution is 2.25. The summed E-state index contributed by atoms with van der Waals surface area (Å²) >= 11 is 0. The van der Waals surface area contributed by atoms with Gasteiger partial charge in [-0.3, -0.25) is 4.79 Å². The summed E-state index contributed by atoms with van der Waals surface area (Å²) in [6.07, 6.45) is 0.0429. The molecule has 1 saturated heterocycles. The van der Waals surface area contributed by atoms with Crippen LogP contribution in [0, 0.1) is 0 Å². The van der Waals surface area contributed by atoms with E-state index < -0.39 is 6.10 Å². The summed E-state index contributed by atoms with van der Waals surface area (Å²) in [5.41, 5.74) is 0.657. The van der Waals surface area contributed by atoms with E-state index in [0.717, 1.165) is 0 Å². The number of aliphatic hydroxyl groups excluding tert-OH is 1. The van der Waals surface area contributed by atoms with Crippen molar-refractivity contribution >= 4 is 11.6 Å². The summed E-state index contributed by atoms with van der Waals surface area (Å²) < 4.78 is 5.65. The quantitative estimate of drug-likeness (QED) is 0.762. The molecule has 1 aromatic rings. The zero-order chi connectivity index (χ0) is 13.8. The number of aliphatic hydroxyl groups is 1. The van der Waals surface area contributed by atoms with Crippen molar-refractivity contribution in [2.24, 2.45) is 0 Å². The predicted molar refractivity (Wildman–Crippen MR) is 73.3 cm³/mol. The lowest BCUT2D eigenvalue weighted by Crippen LogP contribution is -2.35. The summed E-state index contributed by atoms with van der Waals surface area (Å²) in [5.74, 6) is 0.515. The molecule has 0 radical (unpaired) electrons. The van der Waals surface area contributed by atoms with Gasteiger partial charge >= 0.3 is 0 Å². The predicted octanol–water partition coefficient (Wildman–Crippen LogP) is 1.14. The van der Waals surface area contributed by atoms with Gasteiger partial charge in [0.2, 0.25) is 5.91 Å². The summed E-state index contributed by atoms with van der Waals surface area (Å²) in [5, 5.41) is 15.2. The van der Waals surface area contributed by atoms with Crippen LogP contribution in [0.3, 0.4) is 0 Å². The number of carbonyl (C=O) groups is 1.